The first-order chi connectivity index (χ1) is 19.5. The van der Waals surface area contributed by atoms with Crippen LogP contribution in [0, 0.1) is 11.6 Å². The zero-order valence-electron chi connectivity index (χ0n) is 22.0. The minimum Gasteiger partial charge on any atom is -0.491 e. The first kappa shape index (κ1) is 27.1. The summed E-state index contributed by atoms with van der Waals surface area (Å²) in [5.41, 5.74) is 2.59. The molecule has 4 aromatic rings. The van der Waals surface area contributed by atoms with Crippen molar-refractivity contribution in [3.63, 3.8) is 0 Å². The first-order valence-corrected chi connectivity index (χ1v) is 13.4. The topological polar surface area (TPSA) is 58.6 Å². The molecule has 1 N–H and O–H groups in total. The predicted molar refractivity (Wildman–Crippen MR) is 149 cm³/mol. The summed E-state index contributed by atoms with van der Waals surface area (Å²) < 4.78 is 36.1. The summed E-state index contributed by atoms with van der Waals surface area (Å²) in [5.74, 6) is -2.46. The van der Waals surface area contributed by atoms with Crippen molar-refractivity contribution in [2.24, 2.45) is 0 Å². The summed E-state index contributed by atoms with van der Waals surface area (Å²) in [4.78, 5) is 28.5. The molecule has 0 aromatic heterocycles. The Hall–Kier alpha value is -4.52. The molecule has 1 aliphatic heterocycles. The number of nitrogens with zero attached hydrogens (tertiary/aromatic N) is 1. The number of benzene rings is 4. The van der Waals surface area contributed by atoms with Crippen LogP contribution in [0.3, 0.4) is 0 Å². The summed E-state index contributed by atoms with van der Waals surface area (Å²) in [6.07, 6.45) is 1.71. The molecule has 1 heterocycles. The normalized spacial score (nSPS) is 16.1. The van der Waals surface area contributed by atoms with Gasteiger partial charge in [0.15, 0.2) is 0 Å². The van der Waals surface area contributed by atoms with Crippen LogP contribution in [0.2, 0.25) is 0 Å². The van der Waals surface area contributed by atoms with Gasteiger partial charge in [0.05, 0.1) is 11.6 Å². The molecule has 40 heavy (non-hydrogen) atoms. The largest absolute Gasteiger partial charge is 0.491 e. The number of ether oxygens (including phenoxy) is 1. The maximum absolute atomic E-state index is 14.9. The lowest BCUT2D eigenvalue weighted by atomic mass is 9.99. The van der Waals surface area contributed by atoms with Gasteiger partial charge in [-0.1, -0.05) is 72.8 Å². The van der Waals surface area contributed by atoms with Gasteiger partial charge in [-0.25, -0.2) is 8.78 Å². The fraction of sp³-hybridized carbons (Fsp3) is 0.212. The number of carbonyl (C=O) groups is 2. The molecule has 0 saturated heterocycles. The SMILES string of the molecule is O=C1NCCCc2ccccc2CN(C(=O)c2c(F)cccc2F)[C@@H](Cc2ccccc2)COc2ccccc21. The van der Waals surface area contributed by atoms with Crippen LogP contribution < -0.4 is 10.1 Å². The standard InChI is InChI=1S/C33H30F2N2O3/c34-28-16-8-17-29(35)31(28)33(39)37-21-25-13-5-4-12-24(25)14-9-19-36-32(38)27-15-6-7-18-30(27)40-22-26(37)20-23-10-2-1-3-11-23/h1-8,10-13,15-18,26H,9,14,19-22H2,(H,36,38)/t26-/m0/s1. The van der Waals surface area contributed by atoms with Gasteiger partial charge in [0.25, 0.3) is 11.8 Å². The second kappa shape index (κ2) is 12.6. The van der Waals surface area contributed by atoms with E-state index >= 15 is 0 Å². The Morgan fingerprint density at radius 2 is 1.52 bits per heavy atom. The van der Waals surface area contributed by atoms with E-state index in [0.717, 1.165) is 28.8 Å². The Bertz CT molecular complexity index is 1470. The number of aryl methyl sites for hydroxylation is 1. The molecule has 0 aliphatic carbocycles. The van der Waals surface area contributed by atoms with Crippen molar-refractivity contribution in [1.82, 2.24) is 10.2 Å². The lowest BCUT2D eigenvalue weighted by molar-refractivity contribution is 0.0578. The molecule has 0 fully saturated rings. The van der Waals surface area contributed by atoms with E-state index in [1.807, 2.05) is 54.6 Å². The van der Waals surface area contributed by atoms with Gasteiger partial charge < -0.3 is 15.0 Å². The molecular formula is C33H30F2N2O3. The Morgan fingerprint density at radius 3 is 2.30 bits per heavy atom. The van der Waals surface area contributed by atoms with Crippen molar-refractivity contribution in [2.75, 3.05) is 13.2 Å². The molecule has 0 bridgehead atoms. The number of hydrogen-bond donors (Lipinski definition) is 1. The molecule has 0 radical (unpaired) electrons. The summed E-state index contributed by atoms with van der Waals surface area (Å²) in [7, 11) is 0. The van der Waals surface area contributed by atoms with Crippen LogP contribution in [0.25, 0.3) is 0 Å². The second-order valence-electron chi connectivity index (χ2n) is 9.81. The number of hydrogen-bond acceptors (Lipinski definition) is 3. The number of rotatable bonds is 3. The second-order valence-corrected chi connectivity index (χ2v) is 9.81. The number of halogens is 2. The highest BCUT2D eigenvalue weighted by Gasteiger charge is 2.31. The van der Waals surface area contributed by atoms with E-state index < -0.39 is 29.1 Å². The van der Waals surface area contributed by atoms with Gasteiger partial charge in [-0.15, -0.1) is 0 Å². The molecule has 1 aliphatic rings. The van der Waals surface area contributed by atoms with Gasteiger partial charge in [0.1, 0.15) is 29.6 Å². The lowest BCUT2D eigenvalue weighted by Crippen LogP contribution is -2.45. The number of amides is 2. The fourth-order valence-electron chi connectivity index (χ4n) is 5.04. The molecule has 5 rings (SSSR count). The molecule has 0 saturated carbocycles. The molecule has 1 atom stereocenters. The zero-order valence-corrected chi connectivity index (χ0v) is 22.0. The van der Waals surface area contributed by atoms with Crippen molar-refractivity contribution >= 4 is 11.8 Å². The zero-order chi connectivity index (χ0) is 27.9. The first-order valence-electron chi connectivity index (χ1n) is 13.4. The van der Waals surface area contributed by atoms with Crippen molar-refractivity contribution in [2.45, 2.75) is 31.8 Å². The van der Waals surface area contributed by atoms with E-state index in [1.54, 1.807) is 24.3 Å². The fourth-order valence-corrected chi connectivity index (χ4v) is 5.04. The molecular weight excluding hydrogens is 510 g/mol. The molecule has 5 nitrogen and oxygen atoms in total. The van der Waals surface area contributed by atoms with Crippen LogP contribution in [0.5, 0.6) is 5.75 Å². The Morgan fingerprint density at radius 1 is 0.850 bits per heavy atom. The predicted octanol–water partition coefficient (Wildman–Crippen LogP) is 5.97. The van der Waals surface area contributed by atoms with Crippen LogP contribution in [0.1, 0.15) is 43.8 Å². The van der Waals surface area contributed by atoms with Gasteiger partial charge >= 0.3 is 0 Å². The smallest absolute Gasteiger partial charge is 0.260 e. The maximum Gasteiger partial charge on any atom is 0.260 e. The van der Waals surface area contributed by atoms with Crippen molar-refractivity contribution in [3.8, 4) is 5.75 Å². The Kier molecular flexibility index (Phi) is 8.50. The van der Waals surface area contributed by atoms with Crippen molar-refractivity contribution in [1.29, 1.82) is 0 Å². The van der Waals surface area contributed by atoms with E-state index in [4.69, 9.17) is 4.74 Å². The third kappa shape index (κ3) is 6.20. The van der Waals surface area contributed by atoms with Crippen LogP contribution in [-0.4, -0.2) is 35.9 Å². The highest BCUT2D eigenvalue weighted by molar-refractivity contribution is 5.97. The van der Waals surface area contributed by atoms with E-state index in [9.17, 15) is 18.4 Å². The lowest BCUT2D eigenvalue weighted by Gasteiger charge is -2.33. The van der Waals surface area contributed by atoms with Gasteiger partial charge in [-0.2, -0.15) is 0 Å². The van der Waals surface area contributed by atoms with E-state index in [1.165, 1.54) is 11.0 Å². The van der Waals surface area contributed by atoms with Crippen molar-refractivity contribution in [3.05, 3.63) is 137 Å². The molecule has 4 aromatic carbocycles. The minimum atomic E-state index is -0.918. The van der Waals surface area contributed by atoms with Gasteiger partial charge in [-0.3, -0.25) is 9.59 Å². The number of fused-ring (bicyclic) bond motifs is 2. The summed E-state index contributed by atoms with van der Waals surface area (Å²) >= 11 is 0. The summed E-state index contributed by atoms with van der Waals surface area (Å²) in [6, 6.07) is 27.0. The highest BCUT2D eigenvalue weighted by atomic mass is 19.1. The van der Waals surface area contributed by atoms with Gasteiger partial charge in [0, 0.05) is 13.1 Å². The quantitative estimate of drug-likeness (QED) is 0.348. The molecule has 7 heteroatoms. The van der Waals surface area contributed by atoms with Crippen LogP contribution in [0.4, 0.5) is 8.78 Å². The van der Waals surface area contributed by atoms with Gasteiger partial charge in [-0.05, 0) is 60.2 Å². The minimum absolute atomic E-state index is 0.00314. The maximum atomic E-state index is 14.9. The molecule has 204 valence electrons. The average molecular weight is 541 g/mol. The van der Waals surface area contributed by atoms with Gasteiger partial charge in [0.2, 0.25) is 0 Å². The molecule has 2 amide bonds. The third-order valence-corrected chi connectivity index (χ3v) is 7.12. The highest BCUT2D eigenvalue weighted by Crippen LogP contribution is 2.25. The number of nitrogens with one attached hydrogen (secondary N) is 1. The van der Waals surface area contributed by atoms with E-state index in [-0.39, 0.29) is 19.1 Å². The Labute approximate surface area is 232 Å². The van der Waals surface area contributed by atoms with E-state index in [2.05, 4.69) is 5.32 Å². The van der Waals surface area contributed by atoms with Crippen molar-refractivity contribution < 1.29 is 23.1 Å². The third-order valence-electron chi connectivity index (χ3n) is 7.12. The summed E-state index contributed by atoms with van der Waals surface area (Å²) in [6.45, 7) is 0.599. The van der Waals surface area contributed by atoms with Crippen LogP contribution in [-0.2, 0) is 19.4 Å². The average Bonchev–Trinajstić information content (AvgIpc) is 2.97. The number of para-hydroxylation sites is 1. The monoisotopic (exact) mass is 540 g/mol. The Balaban J connectivity index is 1.61. The van der Waals surface area contributed by atoms with E-state index in [0.29, 0.717) is 37.1 Å². The van der Waals surface area contributed by atoms with Crippen LogP contribution >= 0.6 is 0 Å². The van der Waals surface area contributed by atoms with Crippen LogP contribution in [0.15, 0.2) is 97.1 Å². The molecule has 0 unspecified atom stereocenters. The number of carbonyl (C=O) groups excluding carboxylic acids is 2. The molecule has 0 spiro atoms. The summed E-state index contributed by atoms with van der Waals surface area (Å²) in [5, 5.41) is 2.97.